The molecular weight excluding hydrogens is 290 g/mol. The van der Waals surface area contributed by atoms with E-state index in [1.807, 2.05) is 12.1 Å². The van der Waals surface area contributed by atoms with Crippen LogP contribution < -0.4 is 5.73 Å². The molecule has 0 aliphatic heterocycles. The molecule has 0 aliphatic carbocycles. The van der Waals surface area contributed by atoms with Gasteiger partial charge in [0, 0.05) is 17.6 Å². The highest BCUT2D eigenvalue weighted by atomic mass is 79.9. The maximum absolute atomic E-state index is 5.87. The van der Waals surface area contributed by atoms with Gasteiger partial charge in [0.1, 0.15) is 0 Å². The van der Waals surface area contributed by atoms with Gasteiger partial charge >= 0.3 is 0 Å². The first-order chi connectivity index (χ1) is 8.77. The third-order valence-corrected chi connectivity index (χ3v) is 3.49. The predicted molar refractivity (Wildman–Crippen MR) is 80.6 cm³/mol. The van der Waals surface area contributed by atoms with E-state index in [1.54, 1.807) is 0 Å². The summed E-state index contributed by atoms with van der Waals surface area (Å²) < 4.78 is 6.94. The van der Waals surface area contributed by atoms with Crippen molar-refractivity contribution in [2.24, 2.45) is 5.73 Å². The van der Waals surface area contributed by atoms with E-state index in [9.17, 15) is 0 Å². The van der Waals surface area contributed by atoms with E-state index in [-0.39, 0.29) is 6.10 Å². The first-order valence-electron chi connectivity index (χ1n) is 6.85. The molecule has 1 aromatic rings. The van der Waals surface area contributed by atoms with Crippen molar-refractivity contribution >= 4 is 15.9 Å². The molecule has 2 nitrogen and oxygen atoms in total. The summed E-state index contributed by atoms with van der Waals surface area (Å²) in [6.07, 6.45) is 6.32. The number of ether oxygens (including phenoxy) is 1. The van der Waals surface area contributed by atoms with E-state index in [0.29, 0.717) is 6.54 Å². The summed E-state index contributed by atoms with van der Waals surface area (Å²) in [5.74, 6) is 0. The van der Waals surface area contributed by atoms with E-state index in [4.69, 9.17) is 10.5 Å². The second kappa shape index (κ2) is 9.54. The largest absolute Gasteiger partial charge is 0.372 e. The molecule has 1 atom stereocenters. The Labute approximate surface area is 119 Å². The summed E-state index contributed by atoms with van der Waals surface area (Å²) in [7, 11) is 0. The van der Waals surface area contributed by atoms with Crippen molar-refractivity contribution in [1.82, 2.24) is 0 Å². The van der Waals surface area contributed by atoms with Crippen LogP contribution in [0.4, 0.5) is 0 Å². The van der Waals surface area contributed by atoms with Crippen LogP contribution in [0, 0.1) is 0 Å². The van der Waals surface area contributed by atoms with Crippen molar-refractivity contribution in [2.45, 2.75) is 45.1 Å². The standard InChI is InChI=1S/C15H24BrNO/c1-2-3-4-5-6-10-18-15(12-17)13-8-7-9-14(16)11-13/h7-9,11,15H,2-6,10,12,17H2,1H3. The lowest BCUT2D eigenvalue weighted by Crippen LogP contribution is -2.16. The summed E-state index contributed by atoms with van der Waals surface area (Å²) in [6.45, 7) is 3.57. The third-order valence-electron chi connectivity index (χ3n) is 3.00. The van der Waals surface area contributed by atoms with Crippen LogP contribution in [-0.2, 0) is 4.74 Å². The minimum atomic E-state index is 0.0219. The fourth-order valence-corrected chi connectivity index (χ4v) is 2.36. The molecule has 1 rings (SSSR count). The first-order valence-corrected chi connectivity index (χ1v) is 7.64. The number of unbranched alkanes of at least 4 members (excludes halogenated alkanes) is 4. The van der Waals surface area contributed by atoms with Crippen molar-refractivity contribution in [3.63, 3.8) is 0 Å². The highest BCUT2D eigenvalue weighted by molar-refractivity contribution is 9.10. The summed E-state index contributed by atoms with van der Waals surface area (Å²) in [5.41, 5.74) is 6.93. The highest BCUT2D eigenvalue weighted by Gasteiger charge is 2.09. The molecule has 1 aromatic carbocycles. The van der Waals surface area contributed by atoms with Crippen LogP contribution in [-0.4, -0.2) is 13.2 Å². The van der Waals surface area contributed by atoms with Crippen LogP contribution >= 0.6 is 15.9 Å². The number of benzene rings is 1. The van der Waals surface area contributed by atoms with Gasteiger partial charge < -0.3 is 10.5 Å². The van der Waals surface area contributed by atoms with Gasteiger partial charge in [-0.2, -0.15) is 0 Å². The number of halogens is 1. The molecule has 0 fully saturated rings. The minimum Gasteiger partial charge on any atom is -0.372 e. The van der Waals surface area contributed by atoms with Crippen LogP contribution in [0.1, 0.15) is 50.7 Å². The SMILES string of the molecule is CCCCCCCOC(CN)c1cccc(Br)c1. The smallest absolute Gasteiger partial charge is 0.0947 e. The maximum Gasteiger partial charge on any atom is 0.0947 e. The molecular formula is C15H24BrNO. The molecule has 0 saturated carbocycles. The lowest BCUT2D eigenvalue weighted by Gasteiger charge is -2.16. The normalized spacial score (nSPS) is 12.6. The van der Waals surface area contributed by atoms with E-state index < -0.39 is 0 Å². The second-order valence-electron chi connectivity index (χ2n) is 4.56. The van der Waals surface area contributed by atoms with Gasteiger partial charge in [-0.05, 0) is 24.1 Å². The summed E-state index contributed by atoms with van der Waals surface area (Å²) >= 11 is 3.47. The van der Waals surface area contributed by atoms with E-state index >= 15 is 0 Å². The van der Waals surface area contributed by atoms with Gasteiger partial charge in [0.2, 0.25) is 0 Å². The number of hydrogen-bond donors (Lipinski definition) is 1. The Hall–Kier alpha value is -0.380. The van der Waals surface area contributed by atoms with E-state index in [0.717, 1.165) is 23.1 Å². The molecule has 0 heterocycles. The Bertz CT molecular complexity index is 330. The zero-order chi connectivity index (χ0) is 13.2. The second-order valence-corrected chi connectivity index (χ2v) is 5.48. The predicted octanol–water partition coefficient (Wildman–Crippen LogP) is 4.44. The van der Waals surface area contributed by atoms with Crippen molar-refractivity contribution in [2.75, 3.05) is 13.2 Å². The molecule has 0 bridgehead atoms. The quantitative estimate of drug-likeness (QED) is 0.684. The minimum absolute atomic E-state index is 0.0219. The molecule has 0 spiro atoms. The van der Waals surface area contributed by atoms with Crippen LogP contribution in [0.3, 0.4) is 0 Å². The molecule has 18 heavy (non-hydrogen) atoms. The van der Waals surface area contributed by atoms with Gasteiger partial charge in [-0.3, -0.25) is 0 Å². The van der Waals surface area contributed by atoms with Crippen molar-refractivity contribution in [3.8, 4) is 0 Å². The lowest BCUT2D eigenvalue weighted by molar-refractivity contribution is 0.0557. The molecule has 3 heteroatoms. The summed E-state index contributed by atoms with van der Waals surface area (Å²) in [4.78, 5) is 0. The maximum atomic E-state index is 5.87. The number of nitrogens with two attached hydrogens (primary N) is 1. The molecule has 1 unspecified atom stereocenters. The Morgan fingerprint density at radius 1 is 1.22 bits per heavy atom. The van der Waals surface area contributed by atoms with Gasteiger partial charge in [-0.15, -0.1) is 0 Å². The molecule has 0 saturated heterocycles. The molecule has 2 N–H and O–H groups in total. The topological polar surface area (TPSA) is 35.2 Å². The average molecular weight is 314 g/mol. The lowest BCUT2D eigenvalue weighted by atomic mass is 10.1. The van der Waals surface area contributed by atoms with E-state index in [2.05, 4.69) is 35.0 Å². The number of rotatable bonds is 9. The first kappa shape index (κ1) is 15.7. The monoisotopic (exact) mass is 313 g/mol. The van der Waals surface area contributed by atoms with Crippen LogP contribution in [0.5, 0.6) is 0 Å². The fraction of sp³-hybridized carbons (Fsp3) is 0.600. The summed E-state index contributed by atoms with van der Waals surface area (Å²) in [5, 5.41) is 0. The zero-order valence-corrected chi connectivity index (χ0v) is 12.8. The van der Waals surface area contributed by atoms with Gasteiger partial charge in [0.25, 0.3) is 0 Å². The Kier molecular flexibility index (Phi) is 8.31. The molecule has 0 radical (unpaired) electrons. The van der Waals surface area contributed by atoms with Gasteiger partial charge in [0.05, 0.1) is 6.10 Å². The van der Waals surface area contributed by atoms with Crippen LogP contribution in [0.15, 0.2) is 28.7 Å². The van der Waals surface area contributed by atoms with Crippen molar-refractivity contribution in [1.29, 1.82) is 0 Å². The molecule has 0 aliphatic rings. The number of hydrogen-bond acceptors (Lipinski definition) is 2. The molecule has 0 aromatic heterocycles. The molecule has 0 amide bonds. The van der Waals surface area contributed by atoms with Crippen molar-refractivity contribution in [3.05, 3.63) is 34.3 Å². The zero-order valence-electron chi connectivity index (χ0n) is 11.2. The average Bonchev–Trinajstić information content (AvgIpc) is 2.38. The summed E-state index contributed by atoms with van der Waals surface area (Å²) in [6, 6.07) is 8.18. The van der Waals surface area contributed by atoms with E-state index in [1.165, 1.54) is 25.7 Å². The van der Waals surface area contributed by atoms with Gasteiger partial charge in [-0.1, -0.05) is 60.7 Å². The highest BCUT2D eigenvalue weighted by Crippen LogP contribution is 2.20. The van der Waals surface area contributed by atoms with Crippen molar-refractivity contribution < 1.29 is 4.74 Å². The fourth-order valence-electron chi connectivity index (χ4n) is 1.94. The Morgan fingerprint density at radius 3 is 2.67 bits per heavy atom. The van der Waals surface area contributed by atoms with Crippen LogP contribution in [0.25, 0.3) is 0 Å². The Morgan fingerprint density at radius 2 is 2.00 bits per heavy atom. The Balaban J connectivity index is 2.29. The molecule has 102 valence electrons. The third kappa shape index (κ3) is 5.98. The van der Waals surface area contributed by atoms with Crippen LogP contribution in [0.2, 0.25) is 0 Å². The van der Waals surface area contributed by atoms with Gasteiger partial charge in [0.15, 0.2) is 0 Å². The van der Waals surface area contributed by atoms with Gasteiger partial charge in [-0.25, -0.2) is 0 Å².